The first-order chi connectivity index (χ1) is 13.1. The van der Waals surface area contributed by atoms with E-state index in [0.29, 0.717) is 12.5 Å². The van der Waals surface area contributed by atoms with E-state index in [1.54, 1.807) is 18.5 Å². The third-order valence-corrected chi connectivity index (χ3v) is 4.78. The SMILES string of the molecule is C[C@@H](C(=O)NC(=O)NCc1ccccc1)[NH+]1CCN(c2ncccn2)CC1. The highest BCUT2D eigenvalue weighted by molar-refractivity contribution is 5.96. The predicted octanol–water partition coefficient (Wildman–Crippen LogP) is -0.404. The highest BCUT2D eigenvalue weighted by atomic mass is 16.2. The number of anilines is 1. The molecular formula is C19H25N6O2+. The Hall–Kier alpha value is -3.00. The van der Waals surface area contributed by atoms with E-state index in [1.165, 1.54) is 0 Å². The van der Waals surface area contributed by atoms with Crippen molar-refractivity contribution in [3.05, 3.63) is 54.4 Å². The number of nitrogens with zero attached hydrogens (tertiary/aromatic N) is 3. The molecule has 1 aliphatic rings. The molecule has 8 heteroatoms. The lowest BCUT2D eigenvalue weighted by molar-refractivity contribution is -0.914. The Morgan fingerprint density at radius 2 is 1.78 bits per heavy atom. The molecule has 0 radical (unpaired) electrons. The zero-order valence-corrected chi connectivity index (χ0v) is 15.4. The van der Waals surface area contributed by atoms with Gasteiger partial charge in [-0.1, -0.05) is 30.3 Å². The fourth-order valence-corrected chi connectivity index (χ4v) is 3.11. The molecule has 0 saturated carbocycles. The Balaban J connectivity index is 1.43. The highest BCUT2D eigenvalue weighted by Crippen LogP contribution is 2.04. The Bertz CT molecular complexity index is 747. The van der Waals surface area contributed by atoms with Crippen molar-refractivity contribution in [3.8, 4) is 0 Å². The van der Waals surface area contributed by atoms with Gasteiger partial charge in [-0.25, -0.2) is 14.8 Å². The maximum atomic E-state index is 12.4. The smallest absolute Gasteiger partial charge is 0.321 e. The van der Waals surface area contributed by atoms with Gasteiger partial charge in [-0.05, 0) is 18.6 Å². The Labute approximate surface area is 158 Å². The third-order valence-electron chi connectivity index (χ3n) is 4.78. The molecule has 2 aromatic rings. The maximum Gasteiger partial charge on any atom is 0.321 e. The van der Waals surface area contributed by atoms with Crippen LogP contribution in [0.5, 0.6) is 0 Å². The number of piperazine rings is 1. The molecule has 1 aromatic carbocycles. The van der Waals surface area contributed by atoms with Crippen molar-refractivity contribution < 1.29 is 14.5 Å². The highest BCUT2D eigenvalue weighted by Gasteiger charge is 2.30. The van der Waals surface area contributed by atoms with Crippen LogP contribution in [0.25, 0.3) is 0 Å². The fourth-order valence-electron chi connectivity index (χ4n) is 3.11. The molecule has 0 bridgehead atoms. The normalized spacial score (nSPS) is 15.8. The van der Waals surface area contributed by atoms with Crippen molar-refractivity contribution in [1.29, 1.82) is 0 Å². The molecule has 1 fully saturated rings. The van der Waals surface area contributed by atoms with Gasteiger partial charge in [-0.15, -0.1) is 0 Å². The molecule has 1 aromatic heterocycles. The van der Waals surface area contributed by atoms with E-state index in [0.717, 1.165) is 36.6 Å². The molecule has 0 aliphatic carbocycles. The third kappa shape index (κ3) is 5.24. The summed E-state index contributed by atoms with van der Waals surface area (Å²) >= 11 is 0. The molecule has 2 heterocycles. The van der Waals surface area contributed by atoms with E-state index < -0.39 is 6.03 Å². The number of amides is 3. The summed E-state index contributed by atoms with van der Waals surface area (Å²) < 4.78 is 0. The fraction of sp³-hybridized carbons (Fsp3) is 0.368. The molecule has 8 nitrogen and oxygen atoms in total. The van der Waals surface area contributed by atoms with E-state index in [-0.39, 0.29) is 11.9 Å². The van der Waals surface area contributed by atoms with Crippen LogP contribution in [0.2, 0.25) is 0 Å². The first-order valence-electron chi connectivity index (χ1n) is 9.12. The monoisotopic (exact) mass is 369 g/mol. The molecule has 142 valence electrons. The van der Waals surface area contributed by atoms with Crippen molar-refractivity contribution >= 4 is 17.9 Å². The molecule has 1 aliphatic heterocycles. The second-order valence-electron chi connectivity index (χ2n) is 6.57. The van der Waals surface area contributed by atoms with Crippen LogP contribution in [0.15, 0.2) is 48.8 Å². The first kappa shape index (κ1) is 18.8. The number of carbonyl (C=O) groups is 2. The number of benzene rings is 1. The molecule has 1 saturated heterocycles. The van der Waals surface area contributed by atoms with Gasteiger partial charge >= 0.3 is 6.03 Å². The summed E-state index contributed by atoms with van der Waals surface area (Å²) in [5.41, 5.74) is 0.984. The van der Waals surface area contributed by atoms with Gasteiger partial charge in [0, 0.05) is 18.9 Å². The van der Waals surface area contributed by atoms with Gasteiger partial charge in [0.05, 0.1) is 26.2 Å². The second-order valence-corrected chi connectivity index (χ2v) is 6.57. The van der Waals surface area contributed by atoms with Crippen molar-refractivity contribution in [1.82, 2.24) is 20.6 Å². The second kappa shape index (κ2) is 9.09. The van der Waals surface area contributed by atoms with Crippen LogP contribution in [0, 0.1) is 0 Å². The van der Waals surface area contributed by atoms with Gasteiger partial charge in [0.1, 0.15) is 0 Å². The van der Waals surface area contributed by atoms with Crippen molar-refractivity contribution in [2.45, 2.75) is 19.5 Å². The van der Waals surface area contributed by atoms with Crippen LogP contribution in [-0.4, -0.2) is 54.1 Å². The van der Waals surface area contributed by atoms with Crippen molar-refractivity contribution in [3.63, 3.8) is 0 Å². The number of hydrogen-bond acceptors (Lipinski definition) is 5. The Morgan fingerprint density at radius 3 is 2.44 bits per heavy atom. The lowest BCUT2D eigenvalue weighted by atomic mass is 10.2. The molecule has 3 amide bonds. The average Bonchev–Trinajstić information content (AvgIpc) is 2.73. The molecule has 0 unspecified atom stereocenters. The minimum absolute atomic E-state index is 0.264. The van der Waals surface area contributed by atoms with E-state index in [2.05, 4.69) is 25.5 Å². The zero-order chi connectivity index (χ0) is 19.1. The summed E-state index contributed by atoms with van der Waals surface area (Å²) in [7, 11) is 0. The van der Waals surface area contributed by atoms with Crippen LogP contribution in [0.3, 0.4) is 0 Å². The quantitative estimate of drug-likeness (QED) is 0.667. The van der Waals surface area contributed by atoms with Crippen molar-refractivity contribution in [2.75, 3.05) is 31.1 Å². The lowest BCUT2D eigenvalue weighted by Gasteiger charge is -2.34. The molecule has 0 spiro atoms. The van der Waals surface area contributed by atoms with E-state index in [4.69, 9.17) is 0 Å². The maximum absolute atomic E-state index is 12.4. The summed E-state index contributed by atoms with van der Waals surface area (Å²) in [6.07, 6.45) is 3.46. The minimum atomic E-state index is -0.466. The van der Waals surface area contributed by atoms with E-state index in [1.807, 2.05) is 37.3 Å². The minimum Gasteiger partial charge on any atom is -0.334 e. The number of nitrogens with one attached hydrogen (secondary N) is 3. The van der Waals surface area contributed by atoms with Crippen LogP contribution < -0.4 is 20.4 Å². The first-order valence-corrected chi connectivity index (χ1v) is 9.12. The summed E-state index contributed by atoms with van der Waals surface area (Å²) in [5, 5.41) is 5.15. The van der Waals surface area contributed by atoms with Gasteiger partial charge in [-0.3, -0.25) is 10.1 Å². The van der Waals surface area contributed by atoms with Crippen LogP contribution in [-0.2, 0) is 11.3 Å². The van der Waals surface area contributed by atoms with Gasteiger partial charge in [0.2, 0.25) is 5.95 Å². The van der Waals surface area contributed by atoms with Gasteiger partial charge < -0.3 is 15.1 Å². The number of urea groups is 1. The summed E-state index contributed by atoms with van der Waals surface area (Å²) in [4.78, 5) is 36.2. The number of hydrogen-bond donors (Lipinski definition) is 3. The van der Waals surface area contributed by atoms with Crippen molar-refractivity contribution in [2.24, 2.45) is 0 Å². The Morgan fingerprint density at radius 1 is 1.11 bits per heavy atom. The van der Waals surface area contributed by atoms with E-state index >= 15 is 0 Å². The number of quaternary nitrogens is 1. The molecule has 3 N–H and O–H groups in total. The van der Waals surface area contributed by atoms with Crippen LogP contribution >= 0.6 is 0 Å². The standard InChI is InChI=1S/C19H24N6O2/c1-15(17(26)23-19(27)22-14-16-6-3-2-4-7-16)24-10-12-25(13-11-24)18-20-8-5-9-21-18/h2-9,15H,10-14H2,1H3,(H2,22,23,26,27)/p+1/t15-/m0/s1. The van der Waals surface area contributed by atoms with Crippen LogP contribution in [0.4, 0.5) is 10.7 Å². The number of carbonyl (C=O) groups excluding carboxylic acids is 2. The molecule has 1 atom stereocenters. The van der Waals surface area contributed by atoms with Gasteiger partial charge in [0.25, 0.3) is 5.91 Å². The topological polar surface area (TPSA) is 91.7 Å². The van der Waals surface area contributed by atoms with Gasteiger partial charge in [0.15, 0.2) is 6.04 Å². The number of imide groups is 1. The summed E-state index contributed by atoms with van der Waals surface area (Å²) in [5.74, 6) is 0.453. The predicted molar refractivity (Wildman–Crippen MR) is 101 cm³/mol. The lowest BCUT2D eigenvalue weighted by Crippen LogP contribution is -3.19. The molecule has 27 heavy (non-hydrogen) atoms. The zero-order valence-electron chi connectivity index (χ0n) is 15.4. The largest absolute Gasteiger partial charge is 0.334 e. The molecule has 3 rings (SSSR count). The van der Waals surface area contributed by atoms with Crippen LogP contribution in [0.1, 0.15) is 12.5 Å². The van der Waals surface area contributed by atoms with E-state index in [9.17, 15) is 9.59 Å². The summed E-state index contributed by atoms with van der Waals surface area (Å²) in [6, 6.07) is 10.6. The number of aromatic nitrogens is 2. The Kier molecular flexibility index (Phi) is 6.32. The molecular weight excluding hydrogens is 344 g/mol. The average molecular weight is 369 g/mol. The van der Waals surface area contributed by atoms with Gasteiger partial charge in [-0.2, -0.15) is 0 Å². The number of rotatable bonds is 5. The summed E-state index contributed by atoms with van der Waals surface area (Å²) in [6.45, 7) is 5.37.